The molecule has 0 aliphatic rings. The summed E-state index contributed by atoms with van der Waals surface area (Å²) >= 11 is 11.5. The Hall–Kier alpha value is -5.06. The van der Waals surface area contributed by atoms with Gasteiger partial charge in [-0.1, -0.05) is 20.3 Å². The molecule has 0 spiro atoms. The predicted molar refractivity (Wildman–Crippen MR) is 176 cm³/mol. The van der Waals surface area contributed by atoms with Gasteiger partial charge in [0.05, 0.1) is 53.8 Å². The van der Waals surface area contributed by atoms with Gasteiger partial charge in [0.2, 0.25) is 0 Å². The molecule has 2 aromatic rings. The summed E-state index contributed by atoms with van der Waals surface area (Å²) in [4.78, 5) is 60.4. The first-order valence-corrected chi connectivity index (χ1v) is 15.2. The van der Waals surface area contributed by atoms with Gasteiger partial charge in [-0.25, -0.2) is 0 Å². The second-order valence-electron chi connectivity index (χ2n) is 9.52. The Kier molecular flexibility index (Phi) is 20.2. The van der Waals surface area contributed by atoms with Gasteiger partial charge < -0.3 is 20.0 Å². The fourth-order valence-electron chi connectivity index (χ4n) is 3.91. The van der Waals surface area contributed by atoms with Crippen LogP contribution in [-0.2, 0) is 0 Å². The van der Waals surface area contributed by atoms with Crippen LogP contribution in [0.3, 0.4) is 0 Å². The molecule has 22 nitrogen and oxygen atoms in total. The highest BCUT2D eigenvalue weighted by molar-refractivity contribution is 6.18. The number of alkyl halides is 2. The van der Waals surface area contributed by atoms with Crippen molar-refractivity contribution in [3.8, 4) is 11.5 Å². The van der Waals surface area contributed by atoms with Crippen molar-refractivity contribution in [2.45, 2.75) is 33.1 Å². The first-order chi connectivity index (χ1) is 23.0. The Bertz CT molecular complexity index is 1310. The molecule has 0 aliphatic heterocycles. The van der Waals surface area contributed by atoms with Crippen LogP contribution in [0.1, 0.15) is 33.1 Å². The SMILES string of the molecule is CCN(CC)CCCCCN(CCCl)CCCl.O=[N+]([O-])c1cc([N+](=O)[O-])c(O)c([N+](=O)[O-])c1.O=[N+]([O-])c1cc([N+](=O)[O-])c(O)c([N+](=O)[O-])c1. The van der Waals surface area contributed by atoms with E-state index in [-0.39, 0.29) is 0 Å². The minimum absolute atomic E-state index is 0.447. The Morgan fingerprint density at radius 3 is 1.02 bits per heavy atom. The summed E-state index contributed by atoms with van der Waals surface area (Å²) in [5.41, 5.74) is -6.00. The van der Waals surface area contributed by atoms with Gasteiger partial charge in [0.15, 0.2) is 0 Å². The van der Waals surface area contributed by atoms with E-state index in [1.807, 2.05) is 0 Å². The Morgan fingerprint density at radius 1 is 0.510 bits per heavy atom. The van der Waals surface area contributed by atoms with E-state index in [0.29, 0.717) is 36.0 Å². The predicted octanol–water partition coefficient (Wildman–Crippen LogP) is 5.51. The molecule has 49 heavy (non-hydrogen) atoms. The van der Waals surface area contributed by atoms with Gasteiger partial charge in [-0.05, 0) is 39.0 Å². The summed E-state index contributed by atoms with van der Waals surface area (Å²) in [5.74, 6) is -1.01. The molecule has 0 aliphatic carbocycles. The monoisotopic (exact) mass is 740 g/mol. The van der Waals surface area contributed by atoms with E-state index in [1.165, 1.54) is 38.9 Å². The van der Waals surface area contributed by atoms with Gasteiger partial charge in [0.1, 0.15) is 0 Å². The van der Waals surface area contributed by atoms with Crippen molar-refractivity contribution in [1.82, 2.24) is 9.80 Å². The number of unbranched alkanes of at least 4 members (excludes halogenated alkanes) is 2. The number of rotatable bonds is 18. The molecule has 24 heteroatoms. The van der Waals surface area contributed by atoms with Gasteiger partial charge in [-0.3, -0.25) is 60.7 Å². The van der Waals surface area contributed by atoms with Crippen molar-refractivity contribution in [2.24, 2.45) is 0 Å². The minimum Gasteiger partial charge on any atom is -0.497 e. The zero-order chi connectivity index (χ0) is 37.8. The minimum atomic E-state index is -1.21. The molecule has 0 saturated heterocycles. The maximum atomic E-state index is 10.4. The van der Waals surface area contributed by atoms with E-state index in [2.05, 4.69) is 23.6 Å². The first-order valence-electron chi connectivity index (χ1n) is 14.1. The zero-order valence-electron chi connectivity index (χ0n) is 26.2. The van der Waals surface area contributed by atoms with Crippen LogP contribution in [0.4, 0.5) is 34.1 Å². The smallest absolute Gasteiger partial charge is 0.324 e. The van der Waals surface area contributed by atoms with Crippen LogP contribution in [-0.4, -0.2) is 101 Å². The number of hydrogen-bond acceptors (Lipinski definition) is 16. The fourth-order valence-corrected chi connectivity index (χ4v) is 4.39. The van der Waals surface area contributed by atoms with E-state index in [9.17, 15) is 60.7 Å². The Labute approximate surface area is 287 Å². The molecule has 0 atom stereocenters. The standard InChI is InChI=1S/C13H28Cl2N2.2C6H3N3O7/c1-3-16(4-2)10-6-5-7-11-17(12-8-14)13-9-15;2*10-6-4(8(13)14)1-3(7(11)12)2-5(6)9(15)16/h3-13H2,1-2H3;2*1-2,10H. The summed E-state index contributed by atoms with van der Waals surface area (Å²) in [6, 6.07) is 1.79. The number of hydrogen-bond donors (Lipinski definition) is 2. The third-order valence-electron chi connectivity index (χ3n) is 6.46. The number of aromatic hydroxyl groups is 2. The molecule has 0 heterocycles. The zero-order valence-corrected chi connectivity index (χ0v) is 27.7. The van der Waals surface area contributed by atoms with Crippen molar-refractivity contribution < 1.29 is 39.8 Å². The van der Waals surface area contributed by atoms with Crippen LogP contribution >= 0.6 is 23.2 Å². The summed E-state index contributed by atoms with van der Waals surface area (Å²) < 4.78 is 0. The number of phenolic OH excluding ortho intramolecular Hbond substituents is 2. The van der Waals surface area contributed by atoms with Gasteiger partial charge in [-0.2, -0.15) is 0 Å². The number of nitro groups is 6. The molecule has 2 N–H and O–H groups in total. The maximum absolute atomic E-state index is 10.4. The molecule has 0 saturated carbocycles. The van der Waals surface area contributed by atoms with Gasteiger partial charge in [0.25, 0.3) is 22.9 Å². The number of benzene rings is 2. The average molecular weight is 741 g/mol. The first kappa shape index (κ1) is 43.9. The number of halogens is 2. The summed E-state index contributed by atoms with van der Waals surface area (Å²) in [7, 11) is 0. The lowest BCUT2D eigenvalue weighted by molar-refractivity contribution is -0.404. The number of non-ortho nitro benzene ring substituents is 2. The van der Waals surface area contributed by atoms with Gasteiger partial charge in [-0.15, -0.1) is 23.2 Å². The van der Waals surface area contributed by atoms with Crippen molar-refractivity contribution in [3.63, 3.8) is 0 Å². The topological polar surface area (TPSA) is 306 Å². The maximum Gasteiger partial charge on any atom is 0.324 e. The molecule has 0 fully saturated rings. The highest BCUT2D eigenvalue weighted by atomic mass is 35.5. The van der Waals surface area contributed by atoms with Crippen LogP contribution in [0.25, 0.3) is 0 Å². The van der Waals surface area contributed by atoms with Gasteiger partial charge >= 0.3 is 22.7 Å². The van der Waals surface area contributed by atoms with E-state index in [4.69, 9.17) is 33.4 Å². The quantitative estimate of drug-likeness (QED) is 0.0823. The lowest BCUT2D eigenvalue weighted by atomic mass is 10.2. The molecular weight excluding hydrogens is 707 g/mol. The number of nitro benzene ring substituents is 6. The second kappa shape index (κ2) is 22.5. The van der Waals surface area contributed by atoms with Crippen LogP contribution in [0.15, 0.2) is 24.3 Å². The third kappa shape index (κ3) is 15.1. The second-order valence-corrected chi connectivity index (χ2v) is 10.3. The molecule has 2 aromatic carbocycles. The van der Waals surface area contributed by atoms with Crippen LogP contribution in [0.5, 0.6) is 11.5 Å². The number of nitrogens with zero attached hydrogens (tertiary/aromatic N) is 8. The van der Waals surface area contributed by atoms with Crippen LogP contribution in [0.2, 0.25) is 0 Å². The summed E-state index contributed by atoms with van der Waals surface area (Å²) in [6.07, 6.45) is 3.86. The van der Waals surface area contributed by atoms with Crippen LogP contribution < -0.4 is 0 Å². The molecule has 2 rings (SSSR count). The Morgan fingerprint density at radius 2 is 0.796 bits per heavy atom. The van der Waals surface area contributed by atoms with Crippen LogP contribution in [0, 0.1) is 60.7 Å². The lowest BCUT2D eigenvalue weighted by Gasteiger charge is -2.20. The molecular formula is C25H34Cl2N8O14. The summed E-state index contributed by atoms with van der Waals surface area (Å²) in [5, 5.41) is 80.4. The fraction of sp³-hybridized carbons (Fsp3) is 0.520. The molecule has 0 aromatic heterocycles. The molecule has 0 radical (unpaired) electrons. The van der Waals surface area contributed by atoms with Crippen molar-refractivity contribution in [3.05, 3.63) is 85.0 Å². The highest BCUT2D eigenvalue weighted by Gasteiger charge is 2.31. The third-order valence-corrected chi connectivity index (χ3v) is 6.80. The highest BCUT2D eigenvalue weighted by Crippen LogP contribution is 2.40. The largest absolute Gasteiger partial charge is 0.497 e. The Balaban J connectivity index is 0.000000705. The van der Waals surface area contributed by atoms with Gasteiger partial charge in [0, 0.05) is 24.8 Å². The molecule has 272 valence electrons. The molecule has 0 bridgehead atoms. The van der Waals surface area contributed by atoms with E-state index >= 15 is 0 Å². The van der Waals surface area contributed by atoms with Crippen molar-refractivity contribution in [2.75, 3.05) is 51.0 Å². The molecule has 0 amide bonds. The van der Waals surface area contributed by atoms with E-state index < -0.39 is 75.2 Å². The average Bonchev–Trinajstić information content (AvgIpc) is 3.03. The van der Waals surface area contributed by atoms with Crippen molar-refractivity contribution >= 4 is 57.3 Å². The van der Waals surface area contributed by atoms with Crippen molar-refractivity contribution in [1.29, 1.82) is 0 Å². The number of phenols is 2. The summed E-state index contributed by atoms with van der Waals surface area (Å²) in [6.45, 7) is 11.1. The lowest BCUT2D eigenvalue weighted by Crippen LogP contribution is -2.29. The molecule has 0 unspecified atom stereocenters. The van der Waals surface area contributed by atoms with E-state index in [0.717, 1.165) is 19.6 Å². The normalized spacial score (nSPS) is 10.4. The van der Waals surface area contributed by atoms with E-state index in [1.54, 1.807) is 0 Å².